The second kappa shape index (κ2) is 13.4. The lowest BCUT2D eigenvalue weighted by molar-refractivity contribution is -0.136. The Morgan fingerprint density at radius 3 is 2.30 bits per heavy atom. The van der Waals surface area contributed by atoms with Crippen LogP contribution in [0, 0.1) is 0 Å². The molecule has 10 nitrogen and oxygen atoms in total. The number of piperidine rings is 2. The quantitative estimate of drug-likeness (QED) is 0.380. The van der Waals surface area contributed by atoms with E-state index in [2.05, 4.69) is 80.2 Å². The first-order valence-corrected chi connectivity index (χ1v) is 17.2. The summed E-state index contributed by atoms with van der Waals surface area (Å²) in [5.74, 6) is 0.990. The number of hydrogen-bond acceptors (Lipinski definition) is 8. The number of aromatic nitrogens is 2. The number of carbonyl (C=O) groups is 3. The molecular formula is C37H45N7O3. The predicted molar refractivity (Wildman–Crippen MR) is 181 cm³/mol. The third kappa shape index (κ3) is 6.74. The van der Waals surface area contributed by atoms with E-state index in [4.69, 9.17) is 0 Å². The van der Waals surface area contributed by atoms with E-state index < -0.39 is 6.04 Å². The van der Waals surface area contributed by atoms with Gasteiger partial charge in [0.25, 0.3) is 5.91 Å². The van der Waals surface area contributed by atoms with Crippen molar-refractivity contribution in [2.75, 3.05) is 49.1 Å². The summed E-state index contributed by atoms with van der Waals surface area (Å²) < 4.78 is 0. The molecule has 0 aliphatic carbocycles. The van der Waals surface area contributed by atoms with Crippen LogP contribution in [0.25, 0.3) is 0 Å². The van der Waals surface area contributed by atoms with Gasteiger partial charge in [0, 0.05) is 69.3 Å². The lowest BCUT2D eigenvalue weighted by Crippen LogP contribution is -2.52. The van der Waals surface area contributed by atoms with Gasteiger partial charge >= 0.3 is 0 Å². The number of benzene rings is 2. The van der Waals surface area contributed by atoms with Crippen LogP contribution in [0.5, 0.6) is 0 Å². The summed E-state index contributed by atoms with van der Waals surface area (Å²) in [6, 6.07) is 14.7. The minimum atomic E-state index is -0.573. The van der Waals surface area contributed by atoms with Crippen LogP contribution in [0.3, 0.4) is 0 Å². The van der Waals surface area contributed by atoms with Crippen molar-refractivity contribution >= 4 is 29.4 Å². The molecule has 1 unspecified atom stereocenters. The van der Waals surface area contributed by atoms with Crippen molar-refractivity contribution in [2.24, 2.45) is 0 Å². The number of likely N-dealkylation sites (tertiary alicyclic amines) is 1. The number of carbonyl (C=O) groups excluding carboxylic acids is 3. The first-order chi connectivity index (χ1) is 22.8. The molecule has 10 heteroatoms. The Morgan fingerprint density at radius 1 is 0.851 bits per heavy atom. The maximum Gasteiger partial charge on any atom is 0.255 e. The fourth-order valence-electron chi connectivity index (χ4n) is 7.51. The van der Waals surface area contributed by atoms with E-state index in [9.17, 15) is 14.4 Å². The van der Waals surface area contributed by atoms with Gasteiger partial charge in [-0.1, -0.05) is 38.1 Å². The minimum absolute atomic E-state index is 0.110. The fourth-order valence-corrected chi connectivity index (χ4v) is 7.51. The highest BCUT2D eigenvalue weighted by Gasteiger charge is 2.39. The molecule has 1 N–H and O–H groups in total. The van der Waals surface area contributed by atoms with Crippen LogP contribution < -0.4 is 15.1 Å². The van der Waals surface area contributed by atoms with Crippen LogP contribution in [0.1, 0.15) is 90.4 Å². The summed E-state index contributed by atoms with van der Waals surface area (Å²) >= 11 is 0. The molecule has 3 fully saturated rings. The van der Waals surface area contributed by atoms with Crippen LogP contribution in [-0.4, -0.2) is 82.8 Å². The van der Waals surface area contributed by atoms with Crippen molar-refractivity contribution in [3.05, 3.63) is 82.7 Å². The first-order valence-electron chi connectivity index (χ1n) is 17.2. The lowest BCUT2D eigenvalue weighted by Gasteiger charge is -2.32. The summed E-state index contributed by atoms with van der Waals surface area (Å²) in [4.78, 5) is 55.3. The summed E-state index contributed by atoms with van der Waals surface area (Å²) in [5.41, 5.74) is 6.74. The maximum atomic E-state index is 13.1. The number of rotatable bonds is 7. The summed E-state index contributed by atoms with van der Waals surface area (Å²) in [7, 11) is 0. The highest BCUT2D eigenvalue weighted by Crippen LogP contribution is 2.34. The molecule has 3 saturated heterocycles. The second-order valence-electron chi connectivity index (χ2n) is 13.8. The number of amides is 3. The zero-order valence-corrected chi connectivity index (χ0v) is 27.5. The SMILES string of the molecule is CC(C)c1cnc(N2CCCN(c3ccc(CN4CCC(c5ccc6c(c5)CN(C5CCC(=O)NC5=O)C6=O)CC4)cc3)CC2)nc1. The zero-order chi connectivity index (χ0) is 32.5. The third-order valence-corrected chi connectivity index (χ3v) is 10.4. The fraction of sp³-hybridized carbons (Fsp3) is 0.486. The van der Waals surface area contributed by atoms with Gasteiger partial charge < -0.3 is 14.7 Å². The number of hydrogen-bond donors (Lipinski definition) is 1. The second-order valence-corrected chi connectivity index (χ2v) is 13.8. The Bertz CT molecular complexity index is 1620. The molecule has 4 aliphatic rings. The van der Waals surface area contributed by atoms with Gasteiger partial charge in [-0.15, -0.1) is 0 Å². The van der Waals surface area contributed by atoms with Crippen molar-refractivity contribution in [3.63, 3.8) is 0 Å². The zero-order valence-electron chi connectivity index (χ0n) is 27.5. The van der Waals surface area contributed by atoms with E-state index in [0.29, 0.717) is 30.4 Å². The number of nitrogens with zero attached hydrogens (tertiary/aromatic N) is 6. The van der Waals surface area contributed by atoms with E-state index in [0.717, 1.165) is 76.6 Å². The molecule has 0 bridgehead atoms. The molecule has 47 heavy (non-hydrogen) atoms. The normalized spacial score (nSPS) is 21.3. The molecule has 7 rings (SSSR count). The van der Waals surface area contributed by atoms with Gasteiger partial charge in [-0.3, -0.25) is 24.6 Å². The number of nitrogens with one attached hydrogen (secondary N) is 1. The van der Waals surface area contributed by atoms with Crippen LogP contribution in [-0.2, 0) is 22.7 Å². The van der Waals surface area contributed by atoms with Gasteiger partial charge in [0.2, 0.25) is 17.8 Å². The highest BCUT2D eigenvalue weighted by atomic mass is 16.2. The molecule has 4 aliphatic heterocycles. The molecule has 0 saturated carbocycles. The van der Waals surface area contributed by atoms with E-state index in [1.54, 1.807) is 4.90 Å². The molecule has 5 heterocycles. The smallest absolute Gasteiger partial charge is 0.255 e. The van der Waals surface area contributed by atoms with Gasteiger partial charge in [-0.25, -0.2) is 9.97 Å². The molecular weight excluding hydrogens is 590 g/mol. The van der Waals surface area contributed by atoms with E-state index in [1.165, 1.54) is 22.4 Å². The van der Waals surface area contributed by atoms with Crippen LogP contribution in [0.4, 0.5) is 11.6 Å². The Kier molecular flexibility index (Phi) is 8.94. The van der Waals surface area contributed by atoms with Gasteiger partial charge in [-0.05, 0) is 91.1 Å². The van der Waals surface area contributed by atoms with E-state index in [1.807, 2.05) is 18.5 Å². The van der Waals surface area contributed by atoms with Crippen molar-refractivity contribution in [2.45, 2.75) is 76.9 Å². The Labute approximate surface area is 277 Å². The maximum absolute atomic E-state index is 13.1. The average Bonchev–Trinajstić information content (AvgIpc) is 3.23. The third-order valence-electron chi connectivity index (χ3n) is 10.4. The van der Waals surface area contributed by atoms with Crippen LogP contribution in [0.2, 0.25) is 0 Å². The lowest BCUT2D eigenvalue weighted by atomic mass is 9.87. The molecule has 3 aromatic rings. The predicted octanol–water partition coefficient (Wildman–Crippen LogP) is 4.46. The largest absolute Gasteiger partial charge is 0.370 e. The van der Waals surface area contributed by atoms with Crippen molar-refractivity contribution in [3.8, 4) is 0 Å². The molecule has 1 atom stereocenters. The van der Waals surface area contributed by atoms with E-state index >= 15 is 0 Å². The van der Waals surface area contributed by atoms with Gasteiger partial charge in [0.05, 0.1) is 0 Å². The van der Waals surface area contributed by atoms with Crippen molar-refractivity contribution < 1.29 is 14.4 Å². The van der Waals surface area contributed by atoms with Crippen LogP contribution >= 0.6 is 0 Å². The molecule has 0 radical (unpaired) electrons. The molecule has 0 spiro atoms. The topological polar surface area (TPSA) is 102 Å². The highest BCUT2D eigenvalue weighted by molar-refractivity contribution is 6.05. The molecule has 246 valence electrons. The summed E-state index contributed by atoms with van der Waals surface area (Å²) in [5, 5.41) is 2.38. The van der Waals surface area contributed by atoms with Gasteiger partial charge in [0.15, 0.2) is 0 Å². The number of anilines is 2. The van der Waals surface area contributed by atoms with Crippen LogP contribution in [0.15, 0.2) is 54.9 Å². The Morgan fingerprint density at radius 2 is 1.57 bits per heavy atom. The molecule has 3 amide bonds. The van der Waals surface area contributed by atoms with Gasteiger partial charge in [-0.2, -0.15) is 0 Å². The number of fused-ring (bicyclic) bond motifs is 1. The standard InChI is InChI=1S/C37H45N7O3/c1-25(2)30-21-38-37(39-22-30)43-15-3-14-42(18-19-43)31-7-4-26(5-8-31)23-41-16-12-27(13-17-41)28-6-9-32-29(20-28)24-44(36(32)47)33-10-11-34(45)40-35(33)46/h4-9,20-22,25,27,33H,3,10-19,23-24H2,1-2H3,(H,40,45,46). The summed E-state index contributed by atoms with van der Waals surface area (Å²) in [6.45, 7) is 11.6. The number of imide groups is 1. The minimum Gasteiger partial charge on any atom is -0.370 e. The summed E-state index contributed by atoms with van der Waals surface area (Å²) in [6.07, 6.45) is 7.82. The van der Waals surface area contributed by atoms with Gasteiger partial charge in [0.1, 0.15) is 6.04 Å². The first kappa shape index (κ1) is 31.3. The molecule has 2 aromatic carbocycles. The Hall–Kier alpha value is -4.31. The van der Waals surface area contributed by atoms with Crippen molar-refractivity contribution in [1.29, 1.82) is 0 Å². The average molecular weight is 636 g/mol. The Balaban J connectivity index is 0.898. The van der Waals surface area contributed by atoms with Crippen molar-refractivity contribution in [1.82, 2.24) is 25.1 Å². The monoisotopic (exact) mass is 635 g/mol. The van der Waals surface area contributed by atoms with E-state index in [-0.39, 0.29) is 24.1 Å². The molecule has 1 aromatic heterocycles.